The van der Waals surface area contributed by atoms with E-state index in [9.17, 15) is 4.79 Å². The topological polar surface area (TPSA) is 72.5 Å². The van der Waals surface area contributed by atoms with E-state index in [1.807, 2.05) is 103 Å². The quantitative estimate of drug-likeness (QED) is 0.0628. The zero-order valence-corrected chi connectivity index (χ0v) is 26.3. The van der Waals surface area contributed by atoms with Crippen molar-refractivity contribution in [2.75, 3.05) is 21.3 Å². The Balaban J connectivity index is 1.61. The largest absolute Gasteiger partial charge is 0.497 e. The van der Waals surface area contributed by atoms with Crippen LogP contribution in [-0.4, -0.2) is 33.4 Å². The van der Waals surface area contributed by atoms with Crippen LogP contribution in [0.4, 0.5) is 0 Å². The highest BCUT2D eigenvalue weighted by molar-refractivity contribution is 6.06. The Morgan fingerprint density at radius 2 is 0.978 bits per heavy atom. The zero-order chi connectivity index (χ0) is 32.1. The molecule has 0 radical (unpaired) electrons. The molecule has 0 N–H and O–H groups in total. The Hall–Kier alpha value is -5.11. The molecule has 236 valence electrons. The monoisotopic (exact) mass is 621 g/mol. The van der Waals surface area contributed by atoms with Crippen LogP contribution >= 0.6 is 0 Å². The molecule has 0 amide bonds. The number of Topliss-reactive ketones (excluding diaryl/α,β-unsaturated/α-hetero) is 1. The molecule has 0 aliphatic carbocycles. The van der Waals surface area contributed by atoms with Gasteiger partial charge in [-0.3, -0.25) is 4.79 Å². The second kappa shape index (κ2) is 16.3. The van der Waals surface area contributed by atoms with E-state index < -0.39 is 12.2 Å². The lowest BCUT2D eigenvalue weighted by Gasteiger charge is -2.26. The lowest BCUT2D eigenvalue weighted by atomic mass is 10.1. The van der Waals surface area contributed by atoms with E-state index in [-0.39, 0.29) is 24.6 Å². The first-order valence-corrected chi connectivity index (χ1v) is 15.0. The van der Waals surface area contributed by atoms with Crippen molar-refractivity contribution in [3.8, 4) is 23.0 Å². The number of ether oxygens (including phenoxy) is 6. The van der Waals surface area contributed by atoms with Crippen molar-refractivity contribution >= 4 is 5.78 Å². The molecule has 0 spiro atoms. The maximum Gasteiger partial charge on any atom is 0.182 e. The minimum absolute atomic E-state index is 0.229. The summed E-state index contributed by atoms with van der Waals surface area (Å²) in [5.74, 6) is 0.677. The van der Waals surface area contributed by atoms with Crippen molar-refractivity contribution in [2.24, 2.45) is 0 Å². The predicted octanol–water partition coefficient (Wildman–Crippen LogP) is 8.02. The van der Waals surface area contributed by atoms with Gasteiger partial charge in [-0.15, -0.1) is 0 Å². The molecule has 0 fully saturated rings. The van der Waals surface area contributed by atoms with Gasteiger partial charge in [0.25, 0.3) is 0 Å². The van der Waals surface area contributed by atoms with Gasteiger partial charge in [0.05, 0.1) is 13.0 Å². The third kappa shape index (κ3) is 8.33. The van der Waals surface area contributed by atoms with Crippen molar-refractivity contribution in [2.45, 2.75) is 32.0 Å². The zero-order valence-electron chi connectivity index (χ0n) is 26.3. The molecular formula is C39H38O7. The molecular weight excluding hydrogens is 583 g/mol. The van der Waals surface area contributed by atoms with Crippen LogP contribution in [0.3, 0.4) is 0 Å². The van der Waals surface area contributed by atoms with E-state index >= 15 is 0 Å². The highest BCUT2D eigenvalue weighted by atomic mass is 16.8. The normalized spacial score (nSPS) is 11.6. The lowest BCUT2D eigenvalue weighted by Crippen LogP contribution is -2.30. The molecule has 0 aliphatic heterocycles. The number of ketones is 1. The Labute approximate surface area is 270 Å². The van der Waals surface area contributed by atoms with E-state index in [2.05, 4.69) is 0 Å². The van der Waals surface area contributed by atoms with Crippen LogP contribution in [0.25, 0.3) is 0 Å². The Morgan fingerprint density at radius 3 is 1.39 bits per heavy atom. The molecule has 0 saturated carbocycles. The summed E-state index contributed by atoms with van der Waals surface area (Å²) in [6, 6.07) is 40.2. The molecule has 0 heterocycles. The summed E-state index contributed by atoms with van der Waals surface area (Å²) in [4.78, 5) is 14.8. The molecule has 0 saturated heterocycles. The molecule has 1 unspecified atom stereocenters. The van der Waals surface area contributed by atoms with E-state index in [0.717, 1.165) is 16.7 Å². The summed E-state index contributed by atoms with van der Waals surface area (Å²) in [6.45, 7) is 0.785. The van der Waals surface area contributed by atoms with E-state index in [0.29, 0.717) is 35.2 Å². The van der Waals surface area contributed by atoms with Crippen LogP contribution in [0.2, 0.25) is 0 Å². The Morgan fingerprint density at radius 1 is 0.543 bits per heavy atom. The van der Waals surface area contributed by atoms with Gasteiger partial charge in [-0.05, 0) is 34.4 Å². The minimum Gasteiger partial charge on any atom is -0.497 e. The van der Waals surface area contributed by atoms with Gasteiger partial charge >= 0.3 is 0 Å². The fourth-order valence-electron chi connectivity index (χ4n) is 5.10. The first-order valence-electron chi connectivity index (χ1n) is 15.0. The van der Waals surface area contributed by atoms with Crippen LogP contribution in [-0.2, 0) is 29.3 Å². The van der Waals surface area contributed by atoms with Crippen LogP contribution in [0.1, 0.15) is 38.5 Å². The van der Waals surface area contributed by atoms with Gasteiger partial charge in [0, 0.05) is 26.4 Å². The standard InChI is InChI=1S/C39H38O7/c1-41-32-21-19-31(20-22-32)36(39(42-2)43-3)38(40)37-34(45-26-29-15-9-5-10-16-29)23-33(44-25-28-13-7-4-8-14-28)24-35(37)46-27-30-17-11-6-12-18-30/h4-24,36,39H,25-27H2,1-3H3/i36+1,38+1,39+1. The molecule has 0 bridgehead atoms. The SMILES string of the molecule is COc1ccc([13CH]([13C](=O)c2c(OCc3ccccc3)cc(OCc3ccccc3)cc2OCc2ccccc2)[13CH](OC)OC)cc1. The van der Waals surface area contributed by atoms with Crippen molar-refractivity contribution in [3.05, 3.63) is 155 Å². The highest BCUT2D eigenvalue weighted by Crippen LogP contribution is 2.40. The average Bonchev–Trinajstić information content (AvgIpc) is 3.12. The summed E-state index contributed by atoms with van der Waals surface area (Å²) in [5.41, 5.74) is 3.85. The smallest absolute Gasteiger partial charge is 0.182 e. The minimum atomic E-state index is -0.890. The lowest BCUT2D eigenvalue weighted by molar-refractivity contribution is -0.110. The van der Waals surface area contributed by atoms with Gasteiger partial charge in [-0.2, -0.15) is 0 Å². The molecule has 7 heteroatoms. The summed E-state index contributed by atoms with van der Waals surface area (Å²) < 4.78 is 35.8. The maximum atomic E-state index is 14.8. The number of carbonyl (C=O) groups is 1. The van der Waals surface area contributed by atoms with Gasteiger partial charge in [-0.1, -0.05) is 103 Å². The van der Waals surface area contributed by atoms with Crippen LogP contribution < -0.4 is 18.9 Å². The number of hydrogen-bond donors (Lipinski definition) is 0. The molecule has 7 nitrogen and oxygen atoms in total. The fourth-order valence-corrected chi connectivity index (χ4v) is 5.10. The second-order valence-corrected chi connectivity index (χ2v) is 10.6. The molecule has 0 aromatic heterocycles. The molecule has 5 rings (SSSR count). The summed E-state index contributed by atoms with van der Waals surface area (Å²) >= 11 is 0. The molecule has 5 aromatic rings. The fraction of sp³-hybridized carbons (Fsp3) is 0.205. The highest BCUT2D eigenvalue weighted by Gasteiger charge is 2.35. The number of carbonyl (C=O) groups excluding carboxylic acids is 1. The predicted molar refractivity (Wildman–Crippen MR) is 177 cm³/mol. The molecule has 0 aliphatic rings. The van der Waals surface area contributed by atoms with Crippen LogP contribution in [0, 0.1) is 0 Å². The van der Waals surface area contributed by atoms with Crippen molar-refractivity contribution in [3.63, 3.8) is 0 Å². The second-order valence-electron chi connectivity index (χ2n) is 10.6. The first-order chi connectivity index (χ1) is 22.6. The summed E-state index contributed by atoms with van der Waals surface area (Å²) in [6.07, 6.45) is -0.890. The van der Waals surface area contributed by atoms with E-state index in [1.54, 1.807) is 31.4 Å². The van der Waals surface area contributed by atoms with Gasteiger partial charge in [0.2, 0.25) is 0 Å². The van der Waals surface area contributed by atoms with Gasteiger partial charge in [0.1, 0.15) is 48.4 Å². The maximum absolute atomic E-state index is 14.8. The first kappa shape index (κ1) is 32.3. The van der Waals surface area contributed by atoms with Gasteiger partial charge in [-0.25, -0.2) is 0 Å². The number of rotatable bonds is 16. The number of benzene rings is 5. The molecule has 46 heavy (non-hydrogen) atoms. The van der Waals surface area contributed by atoms with Crippen LogP contribution in [0.15, 0.2) is 127 Å². The van der Waals surface area contributed by atoms with Crippen molar-refractivity contribution < 1.29 is 33.2 Å². The van der Waals surface area contributed by atoms with Crippen molar-refractivity contribution in [1.29, 1.82) is 0 Å². The number of hydrogen-bond acceptors (Lipinski definition) is 7. The summed E-state index contributed by atoms with van der Waals surface area (Å²) in [5, 5.41) is 0. The molecule has 5 aromatic carbocycles. The third-order valence-electron chi connectivity index (χ3n) is 7.50. The van der Waals surface area contributed by atoms with E-state index in [4.69, 9.17) is 28.4 Å². The Bertz CT molecular complexity index is 1590. The number of methoxy groups -OCH3 is 3. The van der Waals surface area contributed by atoms with Crippen molar-refractivity contribution in [1.82, 2.24) is 0 Å². The van der Waals surface area contributed by atoms with Gasteiger partial charge < -0.3 is 28.4 Å². The Kier molecular flexibility index (Phi) is 11.4. The molecule has 1 atom stereocenters. The van der Waals surface area contributed by atoms with Crippen LogP contribution in [0.5, 0.6) is 23.0 Å². The summed E-state index contributed by atoms with van der Waals surface area (Å²) in [7, 11) is 4.62. The van der Waals surface area contributed by atoms with Gasteiger partial charge in [0.15, 0.2) is 12.1 Å². The van der Waals surface area contributed by atoms with E-state index in [1.165, 1.54) is 14.2 Å². The average molecular weight is 622 g/mol. The third-order valence-corrected chi connectivity index (χ3v) is 7.50.